The van der Waals surface area contributed by atoms with Gasteiger partial charge in [0.1, 0.15) is 0 Å². The first kappa shape index (κ1) is 113. The van der Waals surface area contributed by atoms with E-state index >= 15 is 0 Å². The molecule has 0 fully saturated rings. The maximum atomic E-state index is 12.6. The predicted molar refractivity (Wildman–Crippen MR) is 545 cm³/mol. The van der Waals surface area contributed by atoms with Crippen LogP contribution in [-0.4, -0.2) is 14.3 Å². The second kappa shape index (κ2) is 57.0. The molecule has 668 valence electrons. The minimum atomic E-state index is -4.15. The zero-order valence-electron chi connectivity index (χ0n) is 84.4. The lowest BCUT2D eigenvalue weighted by atomic mass is 9.85. The molecule has 0 radical (unpaired) electrons. The second-order valence-electron chi connectivity index (χ2n) is 39.4. The number of hydrogen-bond acceptors (Lipinski definition) is 0. The van der Waals surface area contributed by atoms with E-state index in [0.717, 1.165) is 23.5 Å². The van der Waals surface area contributed by atoms with Crippen molar-refractivity contribution in [1.29, 1.82) is 0 Å². The number of alkyl halides is 3. The largest absolute Gasteiger partial charge is 0.394 e. The fourth-order valence-corrected chi connectivity index (χ4v) is 13.1. The minimum Gasteiger partial charge on any atom is -0.171 e. The zero-order chi connectivity index (χ0) is 93.5. The van der Waals surface area contributed by atoms with E-state index in [1.54, 1.807) is 12.1 Å². The number of aryl methyl sites for hydroxylation is 17. The fraction of sp³-hybridized carbons (Fsp3) is 0.441. The Morgan fingerprint density at radius 2 is 0.533 bits per heavy atom. The van der Waals surface area contributed by atoms with Gasteiger partial charge in [-0.3, -0.25) is 0 Å². The van der Waals surface area contributed by atoms with Gasteiger partial charge in [-0.15, -0.1) is 0 Å². The van der Waals surface area contributed by atoms with Gasteiger partial charge in [-0.25, -0.2) is 0 Å². The molecule has 11 aromatic rings. The van der Waals surface area contributed by atoms with E-state index in [1.807, 2.05) is 37.3 Å². The van der Waals surface area contributed by atoms with Gasteiger partial charge in [-0.2, -0.15) is 13.2 Å². The summed E-state index contributed by atoms with van der Waals surface area (Å²) in [6, 6.07) is 93.6. The van der Waals surface area contributed by atoms with Crippen LogP contribution in [0.2, 0.25) is 24.7 Å². The van der Waals surface area contributed by atoms with Crippen LogP contribution in [0.3, 0.4) is 0 Å². The van der Waals surface area contributed by atoms with E-state index in [4.69, 9.17) is 0 Å². The van der Waals surface area contributed by atoms with E-state index in [9.17, 15) is 13.2 Å². The van der Waals surface area contributed by atoms with Crippen LogP contribution < -0.4 is 0 Å². The smallest absolute Gasteiger partial charge is 0.171 e. The third-order valence-electron chi connectivity index (χ3n) is 22.2. The highest BCUT2D eigenvalue weighted by Crippen LogP contribution is 2.40. The highest BCUT2D eigenvalue weighted by atomic mass is 28.3. The van der Waals surface area contributed by atoms with Crippen molar-refractivity contribution in [1.82, 2.24) is 0 Å². The molecule has 0 amide bonds. The van der Waals surface area contributed by atoms with Crippen molar-refractivity contribution in [3.05, 3.63) is 388 Å². The average molecular weight is 1670 g/mol. The van der Waals surface area contributed by atoms with E-state index in [1.165, 1.54) is 161 Å². The summed E-state index contributed by atoms with van der Waals surface area (Å²) in [5.41, 5.74) is 31.4. The highest BCUT2D eigenvalue weighted by Gasteiger charge is 2.47. The van der Waals surface area contributed by atoms with Crippen LogP contribution in [0, 0.1) is 134 Å². The highest BCUT2D eigenvalue weighted by molar-refractivity contribution is 6.78. The summed E-state index contributed by atoms with van der Waals surface area (Å²) in [6.45, 7) is 81.5. The molecular weight excluding hydrogens is 1500 g/mol. The molecule has 0 aromatic heterocycles. The average Bonchev–Trinajstić information content (AvgIpc) is 0.792. The molecule has 0 aliphatic heterocycles. The van der Waals surface area contributed by atoms with Gasteiger partial charge in [0.15, 0.2) is 0 Å². The third kappa shape index (κ3) is 52.1. The van der Waals surface area contributed by atoms with Crippen LogP contribution in [-0.2, 0) is 30.1 Å². The van der Waals surface area contributed by atoms with E-state index < -0.39 is 19.7 Å². The lowest BCUT2D eigenvalue weighted by Crippen LogP contribution is -2.34. The van der Waals surface area contributed by atoms with Crippen molar-refractivity contribution in [3.8, 4) is 0 Å². The molecule has 4 heteroatoms. The van der Waals surface area contributed by atoms with Gasteiger partial charge in [0.25, 0.3) is 0 Å². The summed E-state index contributed by atoms with van der Waals surface area (Å²) in [5.74, 6) is 2.06. The van der Waals surface area contributed by atoms with Crippen LogP contribution in [0.4, 0.5) is 13.2 Å². The Hall–Kier alpha value is -8.57. The van der Waals surface area contributed by atoms with Gasteiger partial charge in [-0.05, 0) is 254 Å². The predicted octanol–water partition coefficient (Wildman–Crippen LogP) is 36.7. The van der Waals surface area contributed by atoms with E-state index in [0.29, 0.717) is 17.3 Å². The molecule has 0 unspecified atom stereocenters. The Morgan fingerprint density at radius 1 is 0.262 bits per heavy atom. The lowest BCUT2D eigenvalue weighted by Gasteiger charge is -2.27. The third-order valence-corrected chi connectivity index (χ3v) is 27.3. The number of rotatable bonds is 10. The van der Waals surface area contributed by atoms with Crippen LogP contribution in [0.25, 0.3) is 0 Å². The molecule has 0 heterocycles. The monoisotopic (exact) mass is 1670 g/mol. The van der Waals surface area contributed by atoms with Crippen molar-refractivity contribution in [3.63, 3.8) is 0 Å². The van der Waals surface area contributed by atoms with Crippen LogP contribution in [0.15, 0.2) is 255 Å². The fourth-order valence-electron chi connectivity index (χ4n) is 11.6. The number of benzene rings is 11. The standard InChI is InChI=1S/C12H15F3.2C12H18.3C11H16.C10H14.C9H12.2C8H10.C7H18Si.C7H8/c1-9-4-6-10(7-5-9)8-11(2,3)12(13,14)15;1-9-6-7-11(8-10(9)2)12(3,4)5;1-10-5-7-11(8-6-10)9-12(2,3)4;1-9-5-7-10(8-6-9)11(2,3)4;1-8(2)11-6-5-9(3)10(4)7-11;1-9(2)8-11-6-4-10(3)5-7-11;1-8(2)10-6-4-9(3)5-7-10;1-7-4-5-8(2)9(3)6-7;1-7-3-5-8(2)6-4-7;1-7-5-3-4-6-8(7)2;1-5-8(4,6-2)7-3;1-7-5-3-2-4-6-7/h4-7H,8H2,1-3H3;6-8H,1-5H3;5-8H,9H2,1-4H3;2*5-8H,1-4H3;4-7,9H,8H2,1-3H3;4-8H,1-3H3;4-6H,1-3H3;2*3-6H,1-2H3;5-7H2,1-4H3;2-6H,1H3. The molecule has 0 atom stereocenters. The first-order valence-electron chi connectivity index (χ1n) is 45.1. The van der Waals surface area contributed by atoms with Crippen LogP contribution >= 0.6 is 0 Å². The molecule has 0 N–H and O–H groups in total. The Morgan fingerprint density at radius 3 is 0.811 bits per heavy atom. The van der Waals surface area contributed by atoms with Crippen molar-refractivity contribution < 1.29 is 13.2 Å². The molecular formula is C118H171F3Si. The first-order chi connectivity index (χ1) is 56.5. The van der Waals surface area contributed by atoms with Crippen molar-refractivity contribution >= 4 is 8.07 Å². The summed E-state index contributed by atoms with van der Waals surface area (Å²) in [4.78, 5) is 0. The Kier molecular flexibility index (Phi) is 53.0. The molecule has 0 spiro atoms. The Labute approximate surface area is 750 Å². The van der Waals surface area contributed by atoms with Gasteiger partial charge in [-0.1, -0.05) is 468 Å². The maximum Gasteiger partial charge on any atom is 0.394 e. The molecule has 11 aromatic carbocycles. The molecule has 0 bridgehead atoms. The summed E-state index contributed by atoms with van der Waals surface area (Å²) in [6.07, 6.45) is -1.78. The Bertz CT molecular complexity index is 4490. The van der Waals surface area contributed by atoms with Gasteiger partial charge in [0, 0.05) is 8.07 Å². The topological polar surface area (TPSA) is 0 Å². The number of hydrogen-bond donors (Lipinski definition) is 0. The molecule has 0 aliphatic carbocycles. The quantitative estimate of drug-likeness (QED) is 0.120. The molecule has 0 nitrogen and oxygen atoms in total. The summed E-state index contributed by atoms with van der Waals surface area (Å²) < 4.78 is 37.8. The molecule has 0 aliphatic rings. The van der Waals surface area contributed by atoms with Gasteiger partial charge < -0.3 is 0 Å². The van der Waals surface area contributed by atoms with Gasteiger partial charge in [0.2, 0.25) is 0 Å². The molecule has 11 rings (SSSR count). The second-order valence-corrected chi connectivity index (χ2v) is 45.2. The van der Waals surface area contributed by atoms with E-state index in [-0.39, 0.29) is 17.3 Å². The van der Waals surface area contributed by atoms with Crippen molar-refractivity contribution in [2.75, 3.05) is 0 Å². The van der Waals surface area contributed by atoms with Crippen LogP contribution in [0.5, 0.6) is 0 Å². The molecule has 0 saturated heterocycles. The Balaban J connectivity index is 0.00000132. The van der Waals surface area contributed by atoms with E-state index in [2.05, 4.69) is 454 Å². The minimum absolute atomic E-state index is 0.0246. The maximum absolute atomic E-state index is 12.6. The van der Waals surface area contributed by atoms with Gasteiger partial charge >= 0.3 is 6.18 Å². The molecule has 122 heavy (non-hydrogen) atoms. The number of halogens is 3. The normalized spacial score (nSPS) is 10.9. The first-order valence-corrected chi connectivity index (χ1v) is 48.2. The van der Waals surface area contributed by atoms with Gasteiger partial charge in [0.05, 0.1) is 5.41 Å². The summed E-state index contributed by atoms with van der Waals surface area (Å²) >= 11 is 0. The van der Waals surface area contributed by atoms with Crippen molar-refractivity contribution in [2.24, 2.45) is 16.7 Å². The molecule has 0 saturated carbocycles. The zero-order valence-corrected chi connectivity index (χ0v) is 85.4. The SMILES string of the molecule is CC[Si](C)(CC)CC.Cc1ccc(C(C)(C)C)cc1.Cc1ccc(C(C)(C)C)cc1C.Cc1ccc(C(C)C)cc1.Cc1ccc(C(C)C)cc1C.Cc1ccc(C)c(C)c1.Cc1ccc(C)cc1.Cc1ccc(CC(C)(C)C(F)(F)F)cc1.Cc1ccc(CC(C)(C)C)cc1.Cc1ccc(CC(C)C)cc1.Cc1ccccc1.Cc1ccccc1C. The summed E-state index contributed by atoms with van der Waals surface area (Å²) in [5, 5.41) is 0. The lowest BCUT2D eigenvalue weighted by molar-refractivity contribution is -0.211. The summed E-state index contributed by atoms with van der Waals surface area (Å²) in [7, 11) is -0.671. The van der Waals surface area contributed by atoms with Crippen LogP contribution in [0.1, 0.15) is 284 Å². The van der Waals surface area contributed by atoms with Crippen molar-refractivity contribution in [2.45, 2.75) is 329 Å².